The fraction of sp³-hybridized carbons (Fsp3) is 0.208. The number of hydrogen-bond donors (Lipinski definition) is 1. The van der Waals surface area contributed by atoms with E-state index in [1.165, 1.54) is 0 Å². The summed E-state index contributed by atoms with van der Waals surface area (Å²) in [4.78, 5) is 14.9. The standard InChI is InChI=1S/C24H18N4O3/c25-11-15-4-1-2-5-17(15)28-18-6-3-7-19(29)23(18)22(16(12-26)24(28)27)14-8-9-20-21(10-14)31-13-30-20/h1-2,4-5,8-10,22H,3,6-7,13,27H2/t22-/m1/s1. The third-order valence-corrected chi connectivity index (χ3v) is 5.91. The van der Waals surface area contributed by atoms with E-state index in [-0.39, 0.29) is 24.0 Å². The molecule has 0 saturated heterocycles. The number of fused-ring (bicyclic) bond motifs is 1. The number of rotatable bonds is 2. The fourth-order valence-corrected chi connectivity index (χ4v) is 4.55. The van der Waals surface area contributed by atoms with Gasteiger partial charge in [0.2, 0.25) is 6.79 Å². The Morgan fingerprint density at radius 2 is 1.84 bits per heavy atom. The van der Waals surface area contributed by atoms with Gasteiger partial charge < -0.3 is 15.2 Å². The number of para-hydroxylation sites is 1. The van der Waals surface area contributed by atoms with E-state index in [2.05, 4.69) is 12.1 Å². The van der Waals surface area contributed by atoms with Crippen LogP contribution in [0.25, 0.3) is 0 Å². The topological polar surface area (TPSA) is 112 Å². The number of anilines is 1. The molecule has 0 amide bonds. The lowest BCUT2D eigenvalue weighted by Gasteiger charge is -2.40. The number of benzene rings is 2. The Labute approximate surface area is 179 Å². The molecule has 0 unspecified atom stereocenters. The number of nitrogens with two attached hydrogens (primary N) is 1. The van der Waals surface area contributed by atoms with Gasteiger partial charge in [-0.1, -0.05) is 18.2 Å². The van der Waals surface area contributed by atoms with Crippen LogP contribution in [0.4, 0.5) is 5.69 Å². The van der Waals surface area contributed by atoms with Crippen LogP contribution in [0.15, 0.2) is 65.1 Å². The number of Topliss-reactive ketones (excluding diaryl/α,β-unsaturated/α-hetero) is 1. The average Bonchev–Trinajstić information content (AvgIpc) is 3.26. The van der Waals surface area contributed by atoms with Gasteiger partial charge in [-0.25, -0.2) is 0 Å². The smallest absolute Gasteiger partial charge is 0.231 e. The van der Waals surface area contributed by atoms with E-state index >= 15 is 0 Å². The van der Waals surface area contributed by atoms with Crippen LogP contribution in [0.2, 0.25) is 0 Å². The van der Waals surface area contributed by atoms with E-state index < -0.39 is 5.92 Å². The summed E-state index contributed by atoms with van der Waals surface area (Å²) in [6.45, 7) is 0.137. The van der Waals surface area contributed by atoms with Gasteiger partial charge >= 0.3 is 0 Å². The van der Waals surface area contributed by atoms with Crippen molar-refractivity contribution in [3.8, 4) is 23.6 Å². The normalized spacial score (nSPS) is 19.7. The maximum absolute atomic E-state index is 13.2. The number of carbonyl (C=O) groups excluding carboxylic acids is 1. The number of ether oxygens (including phenoxy) is 2. The van der Waals surface area contributed by atoms with Crippen molar-refractivity contribution in [2.45, 2.75) is 25.2 Å². The van der Waals surface area contributed by atoms with Gasteiger partial charge in [0.15, 0.2) is 17.3 Å². The van der Waals surface area contributed by atoms with E-state index in [1.54, 1.807) is 29.2 Å². The summed E-state index contributed by atoms with van der Waals surface area (Å²) in [5, 5.41) is 19.7. The molecule has 3 aliphatic rings. The fourth-order valence-electron chi connectivity index (χ4n) is 4.55. The Morgan fingerprint density at radius 1 is 1.03 bits per heavy atom. The summed E-state index contributed by atoms with van der Waals surface area (Å²) in [5.41, 5.74) is 9.89. The Kier molecular flexibility index (Phi) is 4.38. The first-order valence-electron chi connectivity index (χ1n) is 9.98. The first-order valence-corrected chi connectivity index (χ1v) is 9.98. The summed E-state index contributed by atoms with van der Waals surface area (Å²) in [5.74, 6) is 0.845. The Bertz CT molecular complexity index is 1260. The van der Waals surface area contributed by atoms with Crippen LogP contribution in [0.5, 0.6) is 11.5 Å². The second-order valence-corrected chi connectivity index (χ2v) is 7.56. The molecule has 31 heavy (non-hydrogen) atoms. The van der Waals surface area contributed by atoms with Gasteiger partial charge in [0.25, 0.3) is 0 Å². The van der Waals surface area contributed by atoms with Gasteiger partial charge in [0, 0.05) is 17.7 Å². The lowest BCUT2D eigenvalue weighted by Crippen LogP contribution is -2.39. The predicted octanol–water partition coefficient (Wildman–Crippen LogP) is 3.59. The minimum Gasteiger partial charge on any atom is -0.454 e. The number of ketones is 1. The van der Waals surface area contributed by atoms with Gasteiger partial charge in [-0.05, 0) is 42.7 Å². The van der Waals surface area contributed by atoms with E-state index in [0.717, 1.165) is 11.3 Å². The molecular formula is C24H18N4O3. The number of allylic oxidation sites excluding steroid dienone is 3. The monoisotopic (exact) mass is 410 g/mol. The van der Waals surface area contributed by atoms with E-state index in [4.69, 9.17) is 15.2 Å². The number of nitriles is 2. The van der Waals surface area contributed by atoms with E-state index in [9.17, 15) is 15.3 Å². The van der Waals surface area contributed by atoms with Gasteiger partial charge in [-0.15, -0.1) is 0 Å². The quantitative estimate of drug-likeness (QED) is 0.805. The van der Waals surface area contributed by atoms with Crippen LogP contribution in [-0.2, 0) is 4.79 Å². The Balaban J connectivity index is 1.75. The maximum atomic E-state index is 13.2. The minimum absolute atomic E-state index is 0.0106. The molecule has 0 fully saturated rings. The van der Waals surface area contributed by atoms with Crippen molar-refractivity contribution in [1.29, 1.82) is 10.5 Å². The zero-order valence-electron chi connectivity index (χ0n) is 16.6. The second kappa shape index (κ2) is 7.23. The number of nitrogens with zero attached hydrogens (tertiary/aromatic N) is 3. The molecule has 152 valence electrons. The average molecular weight is 410 g/mol. The highest BCUT2D eigenvalue weighted by atomic mass is 16.7. The molecule has 2 N–H and O–H groups in total. The first kappa shape index (κ1) is 18.8. The first-order chi connectivity index (χ1) is 15.1. The van der Waals surface area contributed by atoms with Crippen LogP contribution in [-0.4, -0.2) is 12.6 Å². The molecule has 0 radical (unpaired) electrons. The molecule has 0 spiro atoms. The molecule has 2 aromatic carbocycles. The zero-order chi connectivity index (χ0) is 21.5. The summed E-state index contributed by atoms with van der Waals surface area (Å²) in [6, 6.07) is 16.9. The van der Waals surface area contributed by atoms with Crippen LogP contribution < -0.4 is 20.1 Å². The summed E-state index contributed by atoms with van der Waals surface area (Å²) >= 11 is 0. The van der Waals surface area contributed by atoms with Crippen molar-refractivity contribution < 1.29 is 14.3 Å². The summed E-state index contributed by atoms with van der Waals surface area (Å²) in [7, 11) is 0. The molecule has 0 bridgehead atoms. The number of hydrogen-bond acceptors (Lipinski definition) is 7. The van der Waals surface area contributed by atoms with Crippen LogP contribution in [0, 0.1) is 22.7 Å². The highest BCUT2D eigenvalue weighted by molar-refractivity contribution is 6.01. The van der Waals surface area contributed by atoms with Crippen molar-refractivity contribution in [3.63, 3.8) is 0 Å². The molecule has 0 saturated carbocycles. The van der Waals surface area contributed by atoms with Crippen LogP contribution in [0.3, 0.4) is 0 Å². The molecule has 1 atom stereocenters. The minimum atomic E-state index is -0.590. The third-order valence-electron chi connectivity index (χ3n) is 5.91. The maximum Gasteiger partial charge on any atom is 0.231 e. The Hall–Kier alpha value is -4.23. The highest BCUT2D eigenvalue weighted by Gasteiger charge is 2.41. The highest BCUT2D eigenvalue weighted by Crippen LogP contribution is 2.48. The van der Waals surface area contributed by atoms with Gasteiger partial charge in [0.1, 0.15) is 11.9 Å². The van der Waals surface area contributed by atoms with E-state index in [0.29, 0.717) is 47.6 Å². The van der Waals surface area contributed by atoms with Crippen molar-refractivity contribution in [1.82, 2.24) is 0 Å². The summed E-state index contributed by atoms with van der Waals surface area (Å²) < 4.78 is 10.9. The molecule has 0 aromatic heterocycles. The third kappa shape index (κ3) is 2.83. The molecule has 2 aromatic rings. The molecule has 5 rings (SSSR count). The van der Waals surface area contributed by atoms with Gasteiger partial charge in [-0.3, -0.25) is 9.69 Å². The van der Waals surface area contributed by atoms with Crippen LogP contribution >= 0.6 is 0 Å². The van der Waals surface area contributed by atoms with Crippen molar-refractivity contribution >= 4 is 11.5 Å². The molecule has 1 aliphatic carbocycles. The lowest BCUT2D eigenvalue weighted by molar-refractivity contribution is -0.116. The van der Waals surface area contributed by atoms with Gasteiger partial charge in [-0.2, -0.15) is 10.5 Å². The largest absolute Gasteiger partial charge is 0.454 e. The second-order valence-electron chi connectivity index (χ2n) is 7.56. The van der Waals surface area contributed by atoms with E-state index in [1.807, 2.05) is 18.2 Å². The SMILES string of the molecule is N#CC1=C(N)N(c2ccccc2C#N)C2=C(C(=O)CCC2)[C@@H]1c1ccc2c(c1)OCO2. The van der Waals surface area contributed by atoms with Crippen molar-refractivity contribution in [2.75, 3.05) is 11.7 Å². The summed E-state index contributed by atoms with van der Waals surface area (Å²) in [6.07, 6.45) is 1.72. The van der Waals surface area contributed by atoms with Crippen LogP contribution in [0.1, 0.15) is 36.3 Å². The van der Waals surface area contributed by atoms with Gasteiger partial charge in [0.05, 0.1) is 28.8 Å². The van der Waals surface area contributed by atoms with Crippen molar-refractivity contribution in [3.05, 3.63) is 76.3 Å². The molecule has 7 nitrogen and oxygen atoms in total. The van der Waals surface area contributed by atoms with Crippen molar-refractivity contribution in [2.24, 2.45) is 5.73 Å². The molecular weight excluding hydrogens is 392 g/mol. The molecule has 2 aliphatic heterocycles. The zero-order valence-corrected chi connectivity index (χ0v) is 16.6. The molecule has 2 heterocycles. The predicted molar refractivity (Wildman–Crippen MR) is 112 cm³/mol. The lowest BCUT2D eigenvalue weighted by atomic mass is 9.75. The number of carbonyl (C=O) groups is 1. The Morgan fingerprint density at radius 3 is 2.65 bits per heavy atom. The molecule has 7 heteroatoms.